The quantitative estimate of drug-likeness (QED) is 0.119. The van der Waals surface area contributed by atoms with Gasteiger partial charge in [0.25, 0.3) is 11.8 Å². The molecule has 2 fully saturated rings. The SMILES string of the molecule is OCCOc1cccc(OCCc2cnc(Oc3ncc(CCOc4cccc(OCCO)c4)nc3N3CCNCC3)c(N3CCNCC3)n2)c1. The molecule has 0 saturated carbocycles. The van der Waals surface area contributed by atoms with Gasteiger partial charge in [-0.25, -0.2) is 19.9 Å². The third kappa shape index (κ3) is 10.5. The molecule has 0 aliphatic carbocycles. The molecule has 15 heteroatoms. The number of aliphatic hydroxyl groups is 2. The summed E-state index contributed by atoms with van der Waals surface area (Å²) in [6, 6.07) is 14.7. The molecule has 0 radical (unpaired) electrons. The summed E-state index contributed by atoms with van der Waals surface area (Å²) in [5.74, 6) is 4.69. The second kappa shape index (κ2) is 18.9. The van der Waals surface area contributed by atoms with Crippen LogP contribution in [0.4, 0.5) is 11.6 Å². The molecule has 15 nitrogen and oxygen atoms in total. The van der Waals surface area contributed by atoms with E-state index in [1.807, 2.05) is 36.4 Å². The minimum atomic E-state index is -0.0516. The predicted octanol–water partition coefficient (Wildman–Crippen LogP) is 1.86. The molecular formula is C36H46N8O7. The summed E-state index contributed by atoms with van der Waals surface area (Å²) < 4.78 is 29.5. The maximum Gasteiger partial charge on any atom is 0.264 e. The first-order valence-corrected chi connectivity index (χ1v) is 17.4. The highest BCUT2D eigenvalue weighted by molar-refractivity contribution is 5.55. The number of benzene rings is 2. The van der Waals surface area contributed by atoms with Gasteiger partial charge in [-0.05, 0) is 24.3 Å². The van der Waals surface area contributed by atoms with E-state index in [-0.39, 0.29) is 26.4 Å². The fraction of sp³-hybridized carbons (Fsp3) is 0.444. The van der Waals surface area contributed by atoms with Gasteiger partial charge < -0.3 is 54.3 Å². The molecule has 0 amide bonds. The lowest BCUT2D eigenvalue weighted by molar-refractivity contribution is 0.200. The third-order valence-electron chi connectivity index (χ3n) is 8.15. The molecule has 2 aliphatic rings. The second-order valence-electron chi connectivity index (χ2n) is 11.8. The van der Waals surface area contributed by atoms with E-state index in [2.05, 4.69) is 20.4 Å². The maximum absolute atomic E-state index is 9.04. The molecule has 4 N–H and O–H groups in total. The van der Waals surface area contributed by atoms with Crippen molar-refractivity contribution in [2.45, 2.75) is 12.8 Å². The summed E-state index contributed by atoms with van der Waals surface area (Å²) in [6.45, 7) is 7.48. The standard InChI is InChI=1S/C36H46N8O7/c45-17-21-49-31-5-1-3-29(23-31)47-19-7-27-25-39-35(33(41-27)43-13-9-37-10-14-43)51-36-34(44-15-11-38-12-16-44)42-28(26-40-36)8-20-48-30-4-2-6-32(24-30)50-22-18-46/h1-6,23-26,37-38,45-46H,7-22H2. The number of nitrogens with zero attached hydrogens (tertiary/aromatic N) is 6. The van der Waals surface area contributed by atoms with Crippen LogP contribution in [0.5, 0.6) is 34.8 Å². The van der Waals surface area contributed by atoms with Crippen molar-refractivity contribution in [3.05, 3.63) is 72.3 Å². The van der Waals surface area contributed by atoms with Gasteiger partial charge in [-0.2, -0.15) is 0 Å². The molecule has 4 heterocycles. The van der Waals surface area contributed by atoms with Crippen molar-refractivity contribution in [1.82, 2.24) is 30.6 Å². The Morgan fingerprint density at radius 2 is 0.961 bits per heavy atom. The minimum absolute atomic E-state index is 0.0516. The molecule has 2 saturated heterocycles. The highest BCUT2D eigenvalue weighted by Gasteiger charge is 2.24. The fourth-order valence-electron chi connectivity index (χ4n) is 5.63. The van der Waals surface area contributed by atoms with Gasteiger partial charge in [-0.15, -0.1) is 0 Å². The summed E-state index contributed by atoms with van der Waals surface area (Å²) in [7, 11) is 0. The maximum atomic E-state index is 9.04. The normalized spacial score (nSPS) is 14.6. The number of nitrogens with one attached hydrogen (secondary N) is 2. The van der Waals surface area contributed by atoms with Crippen LogP contribution in [0.1, 0.15) is 11.4 Å². The van der Waals surface area contributed by atoms with E-state index in [0.717, 1.165) is 63.7 Å². The molecule has 0 bridgehead atoms. The lowest BCUT2D eigenvalue weighted by Gasteiger charge is -2.31. The number of ether oxygens (including phenoxy) is 5. The monoisotopic (exact) mass is 702 g/mol. The fourth-order valence-corrected chi connectivity index (χ4v) is 5.63. The predicted molar refractivity (Wildman–Crippen MR) is 191 cm³/mol. The Hall–Kier alpha value is -4.96. The highest BCUT2D eigenvalue weighted by Crippen LogP contribution is 2.33. The van der Waals surface area contributed by atoms with Crippen LogP contribution in [-0.2, 0) is 12.8 Å². The van der Waals surface area contributed by atoms with E-state index in [0.29, 0.717) is 72.4 Å². The van der Waals surface area contributed by atoms with Crippen molar-refractivity contribution in [3.63, 3.8) is 0 Å². The topological polar surface area (TPSA) is 169 Å². The zero-order valence-electron chi connectivity index (χ0n) is 28.7. The van der Waals surface area contributed by atoms with Gasteiger partial charge in [-0.1, -0.05) is 12.1 Å². The van der Waals surface area contributed by atoms with Crippen molar-refractivity contribution in [2.75, 3.05) is 102 Å². The van der Waals surface area contributed by atoms with Crippen molar-refractivity contribution >= 4 is 11.6 Å². The van der Waals surface area contributed by atoms with Gasteiger partial charge in [0, 0.05) is 77.3 Å². The van der Waals surface area contributed by atoms with Crippen LogP contribution in [0, 0.1) is 0 Å². The molecule has 2 aromatic heterocycles. The van der Waals surface area contributed by atoms with E-state index in [1.54, 1.807) is 24.5 Å². The zero-order valence-corrected chi connectivity index (χ0v) is 28.7. The van der Waals surface area contributed by atoms with Crippen molar-refractivity contribution in [3.8, 4) is 34.8 Å². The first kappa shape index (κ1) is 35.9. The van der Waals surface area contributed by atoms with Crippen LogP contribution in [0.3, 0.4) is 0 Å². The molecule has 0 spiro atoms. The van der Waals surface area contributed by atoms with Crippen LogP contribution in [0.2, 0.25) is 0 Å². The average molecular weight is 703 g/mol. The summed E-state index contributed by atoms with van der Waals surface area (Å²) in [6.07, 6.45) is 4.52. The number of anilines is 2. The van der Waals surface area contributed by atoms with Crippen LogP contribution < -0.4 is 44.1 Å². The van der Waals surface area contributed by atoms with Crippen LogP contribution in [0.25, 0.3) is 0 Å². The lowest BCUT2D eigenvalue weighted by atomic mass is 10.3. The molecule has 272 valence electrons. The molecule has 0 atom stereocenters. The number of piperazine rings is 2. The van der Waals surface area contributed by atoms with Gasteiger partial charge in [0.2, 0.25) is 0 Å². The Balaban J connectivity index is 1.16. The van der Waals surface area contributed by atoms with Crippen LogP contribution in [-0.4, -0.2) is 122 Å². The first-order valence-electron chi connectivity index (χ1n) is 17.4. The molecule has 2 aliphatic heterocycles. The lowest BCUT2D eigenvalue weighted by Crippen LogP contribution is -2.44. The Kier molecular flexibility index (Phi) is 13.3. The Labute approximate surface area is 297 Å². The number of hydrogen-bond acceptors (Lipinski definition) is 15. The largest absolute Gasteiger partial charge is 0.493 e. The third-order valence-corrected chi connectivity index (χ3v) is 8.15. The Morgan fingerprint density at radius 1 is 0.569 bits per heavy atom. The molecular weight excluding hydrogens is 656 g/mol. The number of hydrogen-bond donors (Lipinski definition) is 4. The first-order chi connectivity index (χ1) is 25.2. The smallest absolute Gasteiger partial charge is 0.264 e. The van der Waals surface area contributed by atoms with E-state index in [1.165, 1.54) is 0 Å². The van der Waals surface area contributed by atoms with Gasteiger partial charge in [-0.3, -0.25) is 0 Å². The van der Waals surface area contributed by atoms with Crippen LogP contribution in [0.15, 0.2) is 60.9 Å². The van der Waals surface area contributed by atoms with Crippen LogP contribution >= 0.6 is 0 Å². The number of rotatable bonds is 18. The van der Waals surface area contributed by atoms with E-state index >= 15 is 0 Å². The Morgan fingerprint density at radius 3 is 1.35 bits per heavy atom. The molecule has 2 aromatic carbocycles. The summed E-state index contributed by atoms with van der Waals surface area (Å²) >= 11 is 0. The van der Waals surface area contributed by atoms with Crippen molar-refractivity contribution < 1.29 is 33.9 Å². The zero-order chi connectivity index (χ0) is 35.1. The summed E-state index contributed by atoms with van der Waals surface area (Å²) in [5, 5.41) is 24.9. The molecule has 51 heavy (non-hydrogen) atoms. The van der Waals surface area contributed by atoms with Gasteiger partial charge in [0.15, 0.2) is 11.6 Å². The summed E-state index contributed by atoms with van der Waals surface area (Å²) in [4.78, 5) is 23.9. The average Bonchev–Trinajstić information content (AvgIpc) is 3.18. The number of aliphatic hydroxyl groups excluding tert-OH is 2. The van der Waals surface area contributed by atoms with E-state index in [4.69, 9.17) is 53.8 Å². The summed E-state index contributed by atoms with van der Waals surface area (Å²) in [5.41, 5.74) is 1.55. The molecule has 0 unspecified atom stereocenters. The number of aromatic nitrogens is 4. The second-order valence-corrected chi connectivity index (χ2v) is 11.8. The molecule has 6 rings (SSSR count). The highest BCUT2D eigenvalue weighted by atomic mass is 16.5. The molecule has 4 aromatic rings. The Bertz CT molecular complexity index is 1550. The minimum Gasteiger partial charge on any atom is -0.493 e. The van der Waals surface area contributed by atoms with E-state index < -0.39 is 0 Å². The van der Waals surface area contributed by atoms with Gasteiger partial charge >= 0.3 is 0 Å². The van der Waals surface area contributed by atoms with Gasteiger partial charge in [0.1, 0.15) is 36.2 Å². The van der Waals surface area contributed by atoms with Crippen molar-refractivity contribution in [1.29, 1.82) is 0 Å². The van der Waals surface area contributed by atoms with E-state index in [9.17, 15) is 0 Å². The van der Waals surface area contributed by atoms with Crippen molar-refractivity contribution in [2.24, 2.45) is 0 Å². The van der Waals surface area contributed by atoms with Gasteiger partial charge in [0.05, 0.1) is 50.2 Å².